The fourth-order valence-electron chi connectivity index (χ4n) is 2.43. The van der Waals surface area contributed by atoms with Gasteiger partial charge in [0.25, 0.3) is 0 Å². The third-order valence-electron chi connectivity index (χ3n) is 4.09. The van der Waals surface area contributed by atoms with E-state index in [2.05, 4.69) is 26.1 Å². The Kier molecular flexibility index (Phi) is 6.13. The highest BCUT2D eigenvalue weighted by Crippen LogP contribution is 2.19. The molecule has 1 aliphatic heterocycles. The summed E-state index contributed by atoms with van der Waals surface area (Å²) in [5.41, 5.74) is -0.308. The van der Waals surface area contributed by atoms with E-state index in [1.54, 1.807) is 0 Å². The number of nitrogens with zero attached hydrogens (tertiary/aromatic N) is 1. The Morgan fingerprint density at radius 3 is 2.50 bits per heavy atom. The molecular weight excluding hydrogens is 224 g/mol. The largest absolute Gasteiger partial charge is 0.328 e. The minimum atomic E-state index is -0.308. The number of unbranched alkanes of at least 4 members (excludes halogenated alkanes) is 3. The van der Waals surface area contributed by atoms with Crippen molar-refractivity contribution in [3.05, 3.63) is 0 Å². The highest BCUT2D eigenvalue weighted by molar-refractivity contribution is 5.87. The second-order valence-corrected chi connectivity index (χ2v) is 6.19. The van der Waals surface area contributed by atoms with Crippen molar-refractivity contribution < 1.29 is 4.79 Å². The monoisotopic (exact) mass is 254 g/mol. The van der Waals surface area contributed by atoms with Crippen LogP contribution in [0.25, 0.3) is 0 Å². The first-order chi connectivity index (χ1) is 8.49. The number of carbonyl (C=O) groups excluding carboxylic acids is 1. The molecule has 0 aromatic heterocycles. The summed E-state index contributed by atoms with van der Waals surface area (Å²) in [7, 11) is 0. The van der Waals surface area contributed by atoms with Crippen LogP contribution in [0.4, 0.5) is 0 Å². The van der Waals surface area contributed by atoms with Crippen LogP contribution in [0.3, 0.4) is 0 Å². The van der Waals surface area contributed by atoms with Crippen molar-refractivity contribution in [2.24, 2.45) is 5.92 Å². The SMILES string of the molecule is CCC1(C)NCN(CCCCCCC(C)C)C1=O. The Morgan fingerprint density at radius 2 is 1.94 bits per heavy atom. The van der Waals surface area contributed by atoms with Gasteiger partial charge in [0.2, 0.25) is 5.91 Å². The Bertz CT molecular complexity index is 265. The smallest absolute Gasteiger partial charge is 0.243 e. The van der Waals surface area contributed by atoms with Gasteiger partial charge in [-0.05, 0) is 25.7 Å². The van der Waals surface area contributed by atoms with E-state index >= 15 is 0 Å². The van der Waals surface area contributed by atoms with Gasteiger partial charge in [0.05, 0.1) is 12.2 Å². The van der Waals surface area contributed by atoms with E-state index in [1.165, 1.54) is 25.7 Å². The zero-order valence-corrected chi connectivity index (χ0v) is 12.6. The summed E-state index contributed by atoms with van der Waals surface area (Å²) in [6, 6.07) is 0. The second-order valence-electron chi connectivity index (χ2n) is 6.19. The lowest BCUT2D eigenvalue weighted by Gasteiger charge is -2.20. The lowest BCUT2D eigenvalue weighted by Crippen LogP contribution is -2.43. The van der Waals surface area contributed by atoms with Crippen LogP contribution in [-0.4, -0.2) is 29.6 Å². The molecule has 0 bridgehead atoms. The molecule has 0 aromatic carbocycles. The number of hydrogen-bond acceptors (Lipinski definition) is 2. The Labute approximate surface area is 112 Å². The fraction of sp³-hybridized carbons (Fsp3) is 0.933. The van der Waals surface area contributed by atoms with E-state index < -0.39 is 0 Å². The average Bonchev–Trinajstić information content (AvgIpc) is 2.62. The van der Waals surface area contributed by atoms with Crippen LogP contribution in [0.1, 0.15) is 66.2 Å². The van der Waals surface area contributed by atoms with Crippen molar-refractivity contribution in [2.45, 2.75) is 71.8 Å². The molecule has 0 aliphatic carbocycles. The third-order valence-corrected chi connectivity index (χ3v) is 4.09. The van der Waals surface area contributed by atoms with Gasteiger partial charge in [0.15, 0.2) is 0 Å². The lowest BCUT2D eigenvalue weighted by atomic mass is 9.99. The molecule has 106 valence electrons. The zero-order valence-electron chi connectivity index (χ0n) is 12.6. The zero-order chi connectivity index (χ0) is 13.6. The first kappa shape index (κ1) is 15.5. The predicted molar refractivity (Wildman–Crippen MR) is 76.3 cm³/mol. The molecule has 1 saturated heterocycles. The van der Waals surface area contributed by atoms with Crippen LogP contribution >= 0.6 is 0 Å². The predicted octanol–water partition coefficient (Wildman–Crippen LogP) is 3.15. The van der Waals surface area contributed by atoms with E-state index in [4.69, 9.17) is 0 Å². The summed E-state index contributed by atoms with van der Waals surface area (Å²) < 4.78 is 0. The van der Waals surface area contributed by atoms with Gasteiger partial charge in [-0.25, -0.2) is 0 Å². The van der Waals surface area contributed by atoms with Crippen LogP contribution in [0.2, 0.25) is 0 Å². The number of rotatable bonds is 8. The standard InChI is InChI=1S/C15H30N2O/c1-5-15(4)14(18)17(12-16-15)11-9-7-6-8-10-13(2)3/h13,16H,5-12H2,1-4H3. The molecule has 0 spiro atoms. The van der Waals surface area contributed by atoms with Crippen molar-refractivity contribution in [1.29, 1.82) is 0 Å². The molecule has 1 aliphatic rings. The van der Waals surface area contributed by atoms with Gasteiger partial charge in [-0.15, -0.1) is 0 Å². The van der Waals surface area contributed by atoms with Crippen LogP contribution in [-0.2, 0) is 4.79 Å². The summed E-state index contributed by atoms with van der Waals surface area (Å²) in [5.74, 6) is 1.10. The first-order valence-corrected chi connectivity index (χ1v) is 7.54. The molecule has 1 unspecified atom stereocenters. The van der Waals surface area contributed by atoms with Crippen LogP contribution < -0.4 is 5.32 Å². The van der Waals surface area contributed by atoms with Gasteiger partial charge in [-0.2, -0.15) is 0 Å². The molecule has 0 saturated carbocycles. The second kappa shape index (κ2) is 7.13. The highest BCUT2D eigenvalue weighted by Gasteiger charge is 2.40. The Balaban J connectivity index is 2.12. The van der Waals surface area contributed by atoms with Crippen molar-refractivity contribution in [3.8, 4) is 0 Å². The summed E-state index contributed by atoms with van der Waals surface area (Å²) in [6.45, 7) is 10.3. The van der Waals surface area contributed by atoms with Gasteiger partial charge in [0, 0.05) is 6.54 Å². The summed E-state index contributed by atoms with van der Waals surface area (Å²) in [6.07, 6.45) is 7.23. The van der Waals surface area contributed by atoms with Crippen LogP contribution in [0.5, 0.6) is 0 Å². The van der Waals surface area contributed by atoms with Gasteiger partial charge in [0.1, 0.15) is 0 Å². The van der Waals surface area contributed by atoms with E-state index in [1.807, 2.05) is 11.8 Å². The maximum absolute atomic E-state index is 12.1. The molecular formula is C15H30N2O. The highest BCUT2D eigenvalue weighted by atomic mass is 16.2. The summed E-state index contributed by atoms with van der Waals surface area (Å²) >= 11 is 0. The lowest BCUT2D eigenvalue weighted by molar-refractivity contribution is -0.132. The van der Waals surface area contributed by atoms with E-state index in [0.717, 1.165) is 32.0 Å². The van der Waals surface area contributed by atoms with Crippen molar-refractivity contribution >= 4 is 5.91 Å². The molecule has 1 heterocycles. The number of hydrogen-bond donors (Lipinski definition) is 1. The van der Waals surface area contributed by atoms with Crippen molar-refractivity contribution in [1.82, 2.24) is 10.2 Å². The molecule has 1 fully saturated rings. The van der Waals surface area contributed by atoms with E-state index in [-0.39, 0.29) is 11.4 Å². The molecule has 1 amide bonds. The maximum atomic E-state index is 12.1. The summed E-state index contributed by atoms with van der Waals surface area (Å²) in [5, 5.41) is 3.33. The van der Waals surface area contributed by atoms with Gasteiger partial charge >= 0.3 is 0 Å². The number of amides is 1. The van der Waals surface area contributed by atoms with Gasteiger partial charge in [-0.3, -0.25) is 10.1 Å². The number of carbonyl (C=O) groups is 1. The Hall–Kier alpha value is -0.570. The van der Waals surface area contributed by atoms with Gasteiger partial charge < -0.3 is 4.90 Å². The quantitative estimate of drug-likeness (QED) is 0.675. The molecule has 18 heavy (non-hydrogen) atoms. The molecule has 1 atom stereocenters. The number of nitrogens with one attached hydrogen (secondary N) is 1. The first-order valence-electron chi connectivity index (χ1n) is 7.54. The minimum Gasteiger partial charge on any atom is -0.328 e. The van der Waals surface area contributed by atoms with E-state index in [0.29, 0.717) is 0 Å². The third kappa shape index (κ3) is 4.27. The van der Waals surface area contributed by atoms with Crippen LogP contribution in [0, 0.1) is 5.92 Å². The Morgan fingerprint density at radius 1 is 1.28 bits per heavy atom. The fourth-order valence-corrected chi connectivity index (χ4v) is 2.43. The molecule has 0 aromatic rings. The van der Waals surface area contributed by atoms with E-state index in [9.17, 15) is 4.79 Å². The molecule has 3 heteroatoms. The molecule has 0 radical (unpaired) electrons. The van der Waals surface area contributed by atoms with Crippen molar-refractivity contribution in [2.75, 3.05) is 13.2 Å². The molecule has 1 N–H and O–H groups in total. The maximum Gasteiger partial charge on any atom is 0.243 e. The molecule has 1 rings (SSSR count). The average molecular weight is 254 g/mol. The van der Waals surface area contributed by atoms with Gasteiger partial charge in [-0.1, -0.05) is 46.5 Å². The normalized spacial score (nSPS) is 24.3. The topological polar surface area (TPSA) is 32.3 Å². The molecule has 3 nitrogen and oxygen atoms in total. The minimum absolute atomic E-state index is 0.284. The van der Waals surface area contributed by atoms with Crippen molar-refractivity contribution in [3.63, 3.8) is 0 Å². The van der Waals surface area contributed by atoms with Crippen LogP contribution in [0.15, 0.2) is 0 Å². The summed E-state index contributed by atoms with van der Waals surface area (Å²) in [4.78, 5) is 14.1.